The molecule has 0 bridgehead atoms. The fourth-order valence-corrected chi connectivity index (χ4v) is 6.35. The van der Waals surface area contributed by atoms with Gasteiger partial charge in [-0.05, 0) is 69.9 Å². The zero-order valence-electron chi connectivity index (χ0n) is 25.9. The van der Waals surface area contributed by atoms with E-state index in [2.05, 4.69) is 20.9 Å². The number of halogens is 1. The number of para-hydroxylation sites is 1. The number of carbonyl (C=O) groups is 1. The number of hydrogen-bond donors (Lipinski definition) is 2. The molecule has 0 spiro atoms. The first-order chi connectivity index (χ1) is 22.1. The van der Waals surface area contributed by atoms with Crippen LogP contribution in [0.4, 0.5) is 10.2 Å². The van der Waals surface area contributed by atoms with Gasteiger partial charge in [0.2, 0.25) is 0 Å². The summed E-state index contributed by atoms with van der Waals surface area (Å²) < 4.78 is 23.1. The van der Waals surface area contributed by atoms with E-state index in [0.717, 1.165) is 0 Å². The van der Waals surface area contributed by atoms with E-state index in [0.29, 0.717) is 80.1 Å². The summed E-state index contributed by atoms with van der Waals surface area (Å²) in [5.74, 6) is 0.203. The number of aliphatic hydroxyl groups is 1. The molecule has 2 aromatic heterocycles. The zero-order valence-corrected chi connectivity index (χ0v) is 25.9. The monoisotopic (exact) mass is 624 g/mol. The lowest BCUT2D eigenvalue weighted by Crippen LogP contribution is -2.48. The lowest BCUT2D eigenvalue weighted by molar-refractivity contribution is -0.128. The van der Waals surface area contributed by atoms with Crippen LogP contribution in [0.3, 0.4) is 0 Å². The van der Waals surface area contributed by atoms with Crippen LogP contribution in [0.5, 0.6) is 11.5 Å². The van der Waals surface area contributed by atoms with E-state index in [1.807, 2.05) is 32.0 Å². The molecule has 0 aliphatic carbocycles. The maximum atomic E-state index is 15.6. The second kappa shape index (κ2) is 12.9. The van der Waals surface area contributed by atoms with Crippen molar-refractivity contribution in [1.29, 1.82) is 5.26 Å². The van der Waals surface area contributed by atoms with E-state index in [9.17, 15) is 15.2 Å². The molecule has 2 aliphatic rings. The number of fused-ring (bicyclic) bond motifs is 1. The van der Waals surface area contributed by atoms with E-state index >= 15 is 4.39 Å². The first kappa shape index (κ1) is 31.1. The number of anilines is 1. The first-order valence-electron chi connectivity index (χ1n) is 15.5. The van der Waals surface area contributed by atoms with Gasteiger partial charge in [0.25, 0.3) is 5.91 Å². The van der Waals surface area contributed by atoms with E-state index < -0.39 is 11.4 Å². The Kier molecular flexibility index (Phi) is 8.71. The van der Waals surface area contributed by atoms with Crippen molar-refractivity contribution in [3.8, 4) is 28.8 Å². The topological polar surface area (TPSA) is 146 Å². The minimum atomic E-state index is -0.543. The molecule has 6 rings (SSSR count). The van der Waals surface area contributed by atoms with Gasteiger partial charge in [0.05, 0.1) is 17.5 Å². The molecule has 0 saturated carbocycles. The SMILES string of the molecule is CC(C)(/C=C(/C#N)C(=O)N1CCC[C@@H](n2nc(-c3ccc(Oc4ccccc4)cc3F)c3c(N)ncnc32)C1)N1CCC(O)CC1. The van der Waals surface area contributed by atoms with Gasteiger partial charge in [-0.25, -0.2) is 19.0 Å². The van der Waals surface area contributed by atoms with E-state index in [1.165, 1.54) is 12.4 Å². The highest BCUT2D eigenvalue weighted by molar-refractivity contribution is 5.99. The van der Waals surface area contributed by atoms with E-state index in [1.54, 1.807) is 39.9 Å². The molecule has 2 aromatic carbocycles. The van der Waals surface area contributed by atoms with Crippen molar-refractivity contribution >= 4 is 22.8 Å². The number of carbonyl (C=O) groups excluding carboxylic acids is 1. The van der Waals surface area contributed by atoms with Crippen molar-refractivity contribution in [2.24, 2.45) is 0 Å². The Hall–Kier alpha value is -4.86. The number of nitriles is 1. The van der Waals surface area contributed by atoms with E-state index in [4.69, 9.17) is 15.6 Å². The molecule has 4 aromatic rings. The number of hydrogen-bond acceptors (Lipinski definition) is 9. The Morgan fingerprint density at radius 1 is 1.11 bits per heavy atom. The normalized spacial score (nSPS) is 18.5. The number of nitrogens with two attached hydrogens (primary N) is 1. The molecular weight excluding hydrogens is 587 g/mol. The molecule has 4 heterocycles. The molecule has 1 atom stereocenters. The van der Waals surface area contributed by atoms with Gasteiger partial charge in [0, 0.05) is 43.3 Å². The van der Waals surface area contributed by atoms with Crippen LogP contribution < -0.4 is 10.5 Å². The predicted octanol–water partition coefficient (Wildman–Crippen LogP) is 4.86. The molecule has 2 aliphatic heterocycles. The van der Waals surface area contributed by atoms with Crippen LogP contribution in [0.25, 0.3) is 22.3 Å². The van der Waals surface area contributed by atoms with Gasteiger partial charge in [0.15, 0.2) is 5.65 Å². The van der Waals surface area contributed by atoms with Crippen molar-refractivity contribution in [1.82, 2.24) is 29.5 Å². The van der Waals surface area contributed by atoms with Gasteiger partial charge >= 0.3 is 0 Å². The Morgan fingerprint density at radius 3 is 2.59 bits per heavy atom. The Bertz CT molecular complexity index is 1810. The molecule has 12 heteroatoms. The predicted molar refractivity (Wildman–Crippen MR) is 171 cm³/mol. The summed E-state index contributed by atoms with van der Waals surface area (Å²) in [7, 11) is 0. The standard InChI is InChI=1S/C34H37FN8O3/c1-34(2,42-15-12-24(44)13-16-42)18-22(19-36)33(45)41-14-6-7-23(20-41)43-32-29(31(37)38-21-39-32)30(40-43)27-11-10-26(17-28(27)35)46-25-8-4-3-5-9-25/h3-5,8-11,17-18,21,23-24,44H,6-7,12-16,20H2,1-2H3,(H2,37,38,39)/b22-18-/t23-/m1/s1. The van der Waals surface area contributed by atoms with Gasteiger partial charge in [-0.1, -0.05) is 18.2 Å². The van der Waals surface area contributed by atoms with Crippen LogP contribution in [0.1, 0.15) is 45.6 Å². The number of rotatable bonds is 7. The Morgan fingerprint density at radius 2 is 1.87 bits per heavy atom. The zero-order chi connectivity index (χ0) is 32.4. The molecule has 1 amide bonds. The number of benzene rings is 2. The van der Waals surface area contributed by atoms with Crippen LogP contribution in [-0.2, 0) is 4.79 Å². The van der Waals surface area contributed by atoms with Crippen LogP contribution in [0, 0.1) is 17.1 Å². The maximum absolute atomic E-state index is 15.6. The molecular formula is C34H37FN8O3. The summed E-state index contributed by atoms with van der Waals surface area (Å²) in [6.07, 6.45) is 5.45. The second-order valence-corrected chi connectivity index (χ2v) is 12.4. The number of piperidine rings is 2. The number of aliphatic hydroxyl groups excluding tert-OH is 1. The summed E-state index contributed by atoms with van der Waals surface area (Å²) in [6.45, 7) is 6.12. The van der Waals surface area contributed by atoms with Crippen LogP contribution in [0.15, 0.2) is 66.5 Å². The summed E-state index contributed by atoms with van der Waals surface area (Å²) in [4.78, 5) is 26.2. The number of nitrogen functional groups attached to an aromatic ring is 1. The van der Waals surface area contributed by atoms with Crippen molar-refractivity contribution in [3.63, 3.8) is 0 Å². The number of aromatic nitrogens is 4. The number of amides is 1. The van der Waals surface area contributed by atoms with Crippen LogP contribution in [0.2, 0.25) is 0 Å². The molecule has 11 nitrogen and oxygen atoms in total. The third-order valence-electron chi connectivity index (χ3n) is 8.85. The third kappa shape index (κ3) is 6.29. The lowest BCUT2D eigenvalue weighted by atomic mass is 9.94. The average Bonchev–Trinajstić information content (AvgIpc) is 3.45. The molecule has 2 saturated heterocycles. The van der Waals surface area contributed by atoms with Crippen molar-refractivity contribution < 1.29 is 19.0 Å². The minimum Gasteiger partial charge on any atom is -0.457 e. The Labute approximate surface area is 266 Å². The molecule has 3 N–H and O–H groups in total. The van der Waals surface area contributed by atoms with Gasteiger partial charge in [0.1, 0.15) is 46.8 Å². The maximum Gasteiger partial charge on any atom is 0.264 e. The fraction of sp³-hybridized carbons (Fsp3) is 0.382. The van der Waals surface area contributed by atoms with Gasteiger partial charge < -0.3 is 20.5 Å². The van der Waals surface area contributed by atoms with Gasteiger partial charge in [-0.15, -0.1) is 0 Å². The Balaban J connectivity index is 1.27. The van der Waals surface area contributed by atoms with Gasteiger partial charge in [-0.2, -0.15) is 10.4 Å². The third-order valence-corrected chi connectivity index (χ3v) is 8.85. The highest BCUT2D eigenvalue weighted by Crippen LogP contribution is 2.36. The summed E-state index contributed by atoms with van der Waals surface area (Å²) in [6, 6.07) is 15.5. The summed E-state index contributed by atoms with van der Waals surface area (Å²) in [5.41, 5.74) is 6.80. The first-order valence-corrected chi connectivity index (χ1v) is 15.5. The van der Waals surface area contributed by atoms with Crippen molar-refractivity contribution in [2.75, 3.05) is 31.9 Å². The fourth-order valence-electron chi connectivity index (χ4n) is 6.35. The molecule has 0 radical (unpaired) electrons. The minimum absolute atomic E-state index is 0.0780. The largest absolute Gasteiger partial charge is 0.457 e. The summed E-state index contributed by atoms with van der Waals surface area (Å²) in [5, 5.41) is 25.2. The highest BCUT2D eigenvalue weighted by atomic mass is 19.1. The molecule has 238 valence electrons. The number of ether oxygens (including phenoxy) is 1. The number of nitrogens with zero attached hydrogens (tertiary/aromatic N) is 7. The smallest absolute Gasteiger partial charge is 0.264 e. The van der Waals surface area contributed by atoms with Crippen LogP contribution >= 0.6 is 0 Å². The molecule has 0 unspecified atom stereocenters. The van der Waals surface area contributed by atoms with Crippen LogP contribution in [-0.4, -0.2) is 78.4 Å². The molecule has 46 heavy (non-hydrogen) atoms. The van der Waals surface area contributed by atoms with Crippen molar-refractivity contribution in [3.05, 3.63) is 72.3 Å². The second-order valence-electron chi connectivity index (χ2n) is 12.4. The quantitative estimate of drug-likeness (QED) is 0.217. The van der Waals surface area contributed by atoms with Gasteiger partial charge in [-0.3, -0.25) is 9.69 Å². The van der Waals surface area contributed by atoms with E-state index in [-0.39, 0.29) is 35.0 Å². The molecule has 2 fully saturated rings. The highest BCUT2D eigenvalue weighted by Gasteiger charge is 2.33. The summed E-state index contributed by atoms with van der Waals surface area (Å²) >= 11 is 0. The average molecular weight is 625 g/mol. The number of likely N-dealkylation sites (tertiary alicyclic amines) is 2. The van der Waals surface area contributed by atoms with Crippen molar-refractivity contribution in [2.45, 2.75) is 57.2 Å². The lowest BCUT2D eigenvalue weighted by Gasteiger charge is -2.40.